The maximum atomic E-state index is 9.52. The highest BCUT2D eigenvalue weighted by Crippen LogP contribution is 2.28. The molecule has 108 valence electrons. The second kappa shape index (κ2) is 6.88. The highest BCUT2D eigenvalue weighted by Gasteiger charge is 2.28. The fourth-order valence-electron chi connectivity index (χ4n) is 3.13. The first-order valence-electron chi connectivity index (χ1n) is 7.49. The van der Waals surface area contributed by atoms with Gasteiger partial charge in [0.25, 0.3) is 0 Å². The van der Waals surface area contributed by atoms with Crippen molar-refractivity contribution in [3.63, 3.8) is 0 Å². The molecule has 1 fully saturated rings. The number of aliphatic hydroxyl groups excluding tert-OH is 1. The third kappa shape index (κ3) is 4.52. The minimum absolute atomic E-state index is 0.0642. The summed E-state index contributed by atoms with van der Waals surface area (Å²) < 4.78 is 0. The van der Waals surface area contributed by atoms with E-state index < -0.39 is 0 Å². The third-order valence-electron chi connectivity index (χ3n) is 4.62. The lowest BCUT2D eigenvalue weighted by atomic mass is 9.84. The fourth-order valence-corrected chi connectivity index (χ4v) is 3.13. The van der Waals surface area contributed by atoms with Gasteiger partial charge in [0.15, 0.2) is 0 Å². The molecule has 1 heterocycles. The Morgan fingerprint density at radius 1 is 1.39 bits per heavy atom. The predicted molar refractivity (Wildman–Crippen MR) is 77.9 cm³/mol. The van der Waals surface area contributed by atoms with E-state index in [-0.39, 0.29) is 12.1 Å². The standard InChI is InChI=1S/C15H32N2O/c1-5-15(13-18,16-4)9-7-11-17-10-6-8-14(2,3)12-17/h16,18H,5-13H2,1-4H3. The Kier molecular flexibility index (Phi) is 6.09. The molecule has 0 aromatic heterocycles. The fraction of sp³-hybridized carbons (Fsp3) is 1.00. The summed E-state index contributed by atoms with van der Waals surface area (Å²) in [7, 11) is 1.96. The number of nitrogens with one attached hydrogen (secondary N) is 1. The number of likely N-dealkylation sites (tertiary alicyclic amines) is 1. The van der Waals surface area contributed by atoms with E-state index in [4.69, 9.17) is 0 Å². The second-order valence-electron chi connectivity index (χ2n) is 6.69. The Bertz CT molecular complexity index is 228. The number of likely N-dealkylation sites (N-methyl/N-ethyl adjacent to an activating group) is 1. The van der Waals surface area contributed by atoms with Crippen molar-refractivity contribution in [3.05, 3.63) is 0 Å². The van der Waals surface area contributed by atoms with Crippen molar-refractivity contribution >= 4 is 0 Å². The predicted octanol–water partition coefficient (Wildman–Crippen LogP) is 2.25. The topological polar surface area (TPSA) is 35.5 Å². The zero-order valence-corrected chi connectivity index (χ0v) is 12.8. The summed E-state index contributed by atoms with van der Waals surface area (Å²) in [5.74, 6) is 0. The third-order valence-corrected chi connectivity index (χ3v) is 4.62. The normalized spacial score (nSPS) is 23.8. The first-order valence-corrected chi connectivity index (χ1v) is 7.49. The molecular formula is C15H32N2O. The first kappa shape index (κ1) is 15.9. The molecule has 1 aliphatic rings. The number of aliphatic hydroxyl groups is 1. The van der Waals surface area contributed by atoms with Gasteiger partial charge in [-0.1, -0.05) is 20.8 Å². The molecule has 18 heavy (non-hydrogen) atoms. The second-order valence-corrected chi connectivity index (χ2v) is 6.69. The van der Waals surface area contributed by atoms with Crippen LogP contribution in [0, 0.1) is 5.41 Å². The Labute approximate surface area is 113 Å². The summed E-state index contributed by atoms with van der Waals surface area (Å²) in [6.07, 6.45) is 5.91. The molecule has 1 aliphatic heterocycles. The number of rotatable bonds is 7. The Balaban J connectivity index is 2.32. The van der Waals surface area contributed by atoms with Crippen molar-refractivity contribution in [2.75, 3.05) is 33.3 Å². The molecule has 3 nitrogen and oxygen atoms in total. The van der Waals surface area contributed by atoms with Crippen LogP contribution >= 0.6 is 0 Å². The Morgan fingerprint density at radius 3 is 2.61 bits per heavy atom. The molecule has 3 heteroatoms. The largest absolute Gasteiger partial charge is 0.394 e. The van der Waals surface area contributed by atoms with Gasteiger partial charge in [-0.25, -0.2) is 0 Å². The molecule has 0 spiro atoms. The quantitative estimate of drug-likeness (QED) is 0.733. The molecule has 1 atom stereocenters. The van der Waals surface area contributed by atoms with Crippen LogP contribution in [0.2, 0.25) is 0 Å². The zero-order chi connectivity index (χ0) is 13.6. The van der Waals surface area contributed by atoms with Crippen molar-refractivity contribution in [2.45, 2.75) is 58.4 Å². The van der Waals surface area contributed by atoms with Crippen LogP contribution in [0.15, 0.2) is 0 Å². The van der Waals surface area contributed by atoms with Gasteiger partial charge >= 0.3 is 0 Å². The maximum absolute atomic E-state index is 9.52. The number of piperidine rings is 1. The van der Waals surface area contributed by atoms with Crippen LogP contribution in [-0.4, -0.2) is 48.8 Å². The van der Waals surface area contributed by atoms with Crippen molar-refractivity contribution in [2.24, 2.45) is 5.41 Å². The van der Waals surface area contributed by atoms with E-state index in [2.05, 4.69) is 31.0 Å². The van der Waals surface area contributed by atoms with Gasteiger partial charge in [0.05, 0.1) is 6.61 Å². The van der Waals surface area contributed by atoms with Crippen LogP contribution in [0.3, 0.4) is 0 Å². The van der Waals surface area contributed by atoms with Gasteiger partial charge in [0.2, 0.25) is 0 Å². The molecule has 1 unspecified atom stereocenters. The van der Waals surface area contributed by atoms with Crippen molar-refractivity contribution in [1.82, 2.24) is 10.2 Å². The summed E-state index contributed by atoms with van der Waals surface area (Å²) in [4.78, 5) is 2.59. The number of hydrogen-bond acceptors (Lipinski definition) is 3. The van der Waals surface area contributed by atoms with E-state index in [1.165, 1.54) is 38.9 Å². The van der Waals surface area contributed by atoms with Crippen LogP contribution in [0.4, 0.5) is 0 Å². The van der Waals surface area contributed by atoms with Crippen LogP contribution in [0.25, 0.3) is 0 Å². The van der Waals surface area contributed by atoms with Crippen LogP contribution in [0.5, 0.6) is 0 Å². The monoisotopic (exact) mass is 256 g/mol. The van der Waals surface area contributed by atoms with Crippen molar-refractivity contribution in [3.8, 4) is 0 Å². The lowest BCUT2D eigenvalue weighted by Crippen LogP contribution is -2.47. The number of hydrogen-bond donors (Lipinski definition) is 2. The summed E-state index contributed by atoms with van der Waals surface area (Å²) in [5, 5.41) is 12.8. The van der Waals surface area contributed by atoms with E-state index in [9.17, 15) is 5.11 Å². The molecule has 0 aromatic carbocycles. The van der Waals surface area contributed by atoms with Crippen LogP contribution in [0.1, 0.15) is 52.9 Å². The zero-order valence-electron chi connectivity index (χ0n) is 12.8. The van der Waals surface area contributed by atoms with E-state index >= 15 is 0 Å². The van der Waals surface area contributed by atoms with E-state index in [1.54, 1.807) is 0 Å². The maximum Gasteiger partial charge on any atom is 0.0613 e. The van der Waals surface area contributed by atoms with Gasteiger partial charge in [-0.2, -0.15) is 0 Å². The molecule has 0 radical (unpaired) electrons. The summed E-state index contributed by atoms with van der Waals surface area (Å²) in [5.41, 5.74) is 0.422. The SMILES string of the molecule is CCC(CO)(CCCN1CCCC(C)(C)C1)NC. The molecule has 1 saturated heterocycles. The first-order chi connectivity index (χ1) is 8.47. The average molecular weight is 256 g/mol. The van der Waals surface area contributed by atoms with Crippen molar-refractivity contribution < 1.29 is 5.11 Å². The van der Waals surface area contributed by atoms with Gasteiger partial charge in [-0.15, -0.1) is 0 Å². The summed E-state index contributed by atoms with van der Waals surface area (Å²) in [6, 6.07) is 0. The van der Waals surface area contributed by atoms with E-state index in [1.807, 2.05) is 7.05 Å². The Morgan fingerprint density at radius 2 is 2.11 bits per heavy atom. The average Bonchev–Trinajstić information content (AvgIpc) is 2.34. The summed E-state index contributed by atoms with van der Waals surface area (Å²) >= 11 is 0. The van der Waals surface area contributed by atoms with Crippen LogP contribution in [-0.2, 0) is 0 Å². The number of nitrogens with zero attached hydrogens (tertiary/aromatic N) is 1. The highest BCUT2D eigenvalue weighted by molar-refractivity contribution is 4.85. The lowest BCUT2D eigenvalue weighted by Gasteiger charge is -2.39. The molecule has 0 saturated carbocycles. The van der Waals surface area contributed by atoms with Gasteiger partial charge in [-0.3, -0.25) is 0 Å². The van der Waals surface area contributed by atoms with Crippen LogP contribution < -0.4 is 5.32 Å². The molecule has 2 N–H and O–H groups in total. The van der Waals surface area contributed by atoms with E-state index in [0.29, 0.717) is 5.41 Å². The molecule has 0 aliphatic carbocycles. The highest BCUT2D eigenvalue weighted by atomic mass is 16.3. The molecule has 0 amide bonds. The molecular weight excluding hydrogens is 224 g/mol. The smallest absolute Gasteiger partial charge is 0.0613 e. The van der Waals surface area contributed by atoms with Gasteiger partial charge in [-0.05, 0) is 57.7 Å². The van der Waals surface area contributed by atoms with E-state index in [0.717, 1.165) is 12.8 Å². The van der Waals surface area contributed by atoms with Gasteiger partial charge in [0.1, 0.15) is 0 Å². The van der Waals surface area contributed by atoms with Crippen molar-refractivity contribution in [1.29, 1.82) is 0 Å². The lowest BCUT2D eigenvalue weighted by molar-refractivity contribution is 0.105. The molecule has 0 bridgehead atoms. The van der Waals surface area contributed by atoms with Gasteiger partial charge < -0.3 is 15.3 Å². The Hall–Kier alpha value is -0.120. The molecule has 0 aromatic rings. The summed E-state index contributed by atoms with van der Waals surface area (Å²) in [6.45, 7) is 10.8. The van der Waals surface area contributed by atoms with Gasteiger partial charge in [0, 0.05) is 12.1 Å². The minimum Gasteiger partial charge on any atom is -0.394 e. The molecule has 1 rings (SSSR count). The minimum atomic E-state index is -0.0642.